The molecule has 0 bridgehead atoms. The molecule has 3 rings (SSSR count). The van der Waals surface area contributed by atoms with Crippen LogP contribution in [0.4, 0.5) is 0 Å². The van der Waals surface area contributed by atoms with Crippen LogP contribution in [0.5, 0.6) is 0 Å². The van der Waals surface area contributed by atoms with E-state index in [1.807, 2.05) is 24.3 Å². The number of nitrogens with one attached hydrogen (secondary N) is 2. The lowest BCUT2D eigenvalue weighted by Crippen LogP contribution is -2.59. The third-order valence-corrected chi connectivity index (χ3v) is 5.65. The van der Waals surface area contributed by atoms with Crippen molar-refractivity contribution in [3.05, 3.63) is 35.4 Å². The second-order valence-corrected chi connectivity index (χ2v) is 7.42. The number of carbonyl (C=O) groups is 2. The van der Waals surface area contributed by atoms with Crippen molar-refractivity contribution in [2.24, 2.45) is 11.7 Å². The van der Waals surface area contributed by atoms with Gasteiger partial charge in [0, 0.05) is 50.4 Å². The summed E-state index contributed by atoms with van der Waals surface area (Å²) in [5.41, 5.74) is 7.24. The Morgan fingerprint density at radius 2 is 1.93 bits per heavy atom. The van der Waals surface area contributed by atoms with Gasteiger partial charge in [-0.1, -0.05) is 24.3 Å². The van der Waals surface area contributed by atoms with Gasteiger partial charge in [-0.3, -0.25) is 24.8 Å². The van der Waals surface area contributed by atoms with Gasteiger partial charge >= 0.3 is 11.9 Å². The van der Waals surface area contributed by atoms with Gasteiger partial charge in [0.25, 0.3) is 0 Å². The molecule has 2 aliphatic heterocycles. The third-order valence-electron chi connectivity index (χ3n) is 5.65. The van der Waals surface area contributed by atoms with Gasteiger partial charge in [0.1, 0.15) is 5.84 Å². The van der Waals surface area contributed by atoms with Gasteiger partial charge in [0.05, 0.1) is 12.5 Å². The standard InChI is InChI=1S/C19H27N5O4/c20-18(21)13-3-1-12(2-4-13)16-9-22-6-8-24(16)15-5-7-23(11-17(25)26)10-14(15)19(27)28/h1-4,14-16,22H,5-11H2,(H3,20,21)(H,25,26)(H,27,28). The maximum atomic E-state index is 11.9. The molecule has 2 aliphatic rings. The smallest absolute Gasteiger partial charge is 0.317 e. The summed E-state index contributed by atoms with van der Waals surface area (Å²) in [5, 5.41) is 29.7. The summed E-state index contributed by atoms with van der Waals surface area (Å²) in [6, 6.07) is 7.38. The molecule has 152 valence electrons. The molecule has 9 heteroatoms. The van der Waals surface area contributed by atoms with Crippen LogP contribution in [0.3, 0.4) is 0 Å². The van der Waals surface area contributed by atoms with Crippen LogP contribution in [-0.4, -0.2) is 83.1 Å². The predicted octanol–water partition coefficient (Wildman–Crippen LogP) is -0.223. The van der Waals surface area contributed by atoms with Crippen LogP contribution < -0.4 is 11.1 Å². The zero-order chi connectivity index (χ0) is 20.3. The Bertz CT molecular complexity index is 738. The molecular weight excluding hydrogens is 362 g/mol. The normalized spacial score (nSPS) is 26.6. The largest absolute Gasteiger partial charge is 0.481 e. The van der Waals surface area contributed by atoms with Crippen molar-refractivity contribution in [3.63, 3.8) is 0 Å². The highest BCUT2D eigenvalue weighted by Crippen LogP contribution is 2.31. The predicted molar refractivity (Wildman–Crippen MR) is 103 cm³/mol. The van der Waals surface area contributed by atoms with E-state index in [2.05, 4.69) is 10.2 Å². The summed E-state index contributed by atoms with van der Waals surface area (Å²) < 4.78 is 0. The van der Waals surface area contributed by atoms with Crippen LogP contribution in [0.1, 0.15) is 23.6 Å². The minimum Gasteiger partial charge on any atom is -0.481 e. The summed E-state index contributed by atoms with van der Waals surface area (Å²) in [4.78, 5) is 26.9. The SMILES string of the molecule is N=C(N)c1ccc(C2CNCCN2C2CCN(CC(=O)O)CC2C(=O)O)cc1. The van der Waals surface area contributed by atoms with E-state index >= 15 is 0 Å². The number of nitrogen functional groups attached to an aromatic ring is 1. The summed E-state index contributed by atoms with van der Waals surface area (Å²) >= 11 is 0. The minimum atomic E-state index is -0.937. The monoisotopic (exact) mass is 389 g/mol. The maximum absolute atomic E-state index is 11.9. The zero-order valence-corrected chi connectivity index (χ0v) is 15.7. The lowest BCUT2D eigenvalue weighted by atomic mass is 9.87. The molecule has 2 saturated heterocycles. The molecule has 0 aromatic heterocycles. The fourth-order valence-corrected chi connectivity index (χ4v) is 4.29. The van der Waals surface area contributed by atoms with Gasteiger partial charge in [0.2, 0.25) is 0 Å². The van der Waals surface area contributed by atoms with Gasteiger partial charge in [0.15, 0.2) is 0 Å². The lowest BCUT2D eigenvalue weighted by Gasteiger charge is -2.47. The molecule has 0 aliphatic carbocycles. The van der Waals surface area contributed by atoms with E-state index in [9.17, 15) is 14.7 Å². The van der Waals surface area contributed by atoms with Crippen LogP contribution in [0, 0.1) is 11.3 Å². The van der Waals surface area contributed by atoms with Crippen molar-refractivity contribution in [1.29, 1.82) is 5.41 Å². The van der Waals surface area contributed by atoms with Crippen LogP contribution in [-0.2, 0) is 9.59 Å². The quantitative estimate of drug-likeness (QED) is 0.332. The summed E-state index contributed by atoms with van der Waals surface area (Å²) in [7, 11) is 0. The third kappa shape index (κ3) is 4.49. The van der Waals surface area contributed by atoms with Gasteiger partial charge in [-0.15, -0.1) is 0 Å². The molecule has 0 amide bonds. The van der Waals surface area contributed by atoms with Crippen LogP contribution in [0.25, 0.3) is 0 Å². The van der Waals surface area contributed by atoms with Crippen molar-refractivity contribution >= 4 is 17.8 Å². The van der Waals surface area contributed by atoms with E-state index in [-0.39, 0.29) is 31.0 Å². The number of aliphatic carboxylic acids is 2. The van der Waals surface area contributed by atoms with Crippen molar-refractivity contribution in [2.75, 3.05) is 39.3 Å². The molecular formula is C19H27N5O4. The van der Waals surface area contributed by atoms with E-state index in [4.69, 9.17) is 16.2 Å². The number of hydrogen-bond acceptors (Lipinski definition) is 6. The maximum Gasteiger partial charge on any atom is 0.317 e. The molecule has 0 radical (unpaired) electrons. The molecule has 1 aromatic rings. The molecule has 3 atom stereocenters. The molecule has 2 fully saturated rings. The van der Waals surface area contributed by atoms with Crippen molar-refractivity contribution in [1.82, 2.24) is 15.1 Å². The number of nitrogens with zero attached hydrogens (tertiary/aromatic N) is 2. The number of rotatable bonds is 6. The number of hydrogen-bond donors (Lipinski definition) is 5. The van der Waals surface area contributed by atoms with E-state index in [1.165, 1.54) is 0 Å². The van der Waals surface area contributed by atoms with Gasteiger partial charge < -0.3 is 21.3 Å². The number of piperazine rings is 1. The number of benzene rings is 1. The Hall–Kier alpha value is -2.49. The average molecular weight is 389 g/mol. The first-order chi connectivity index (χ1) is 13.4. The Labute approximate surface area is 163 Å². The highest BCUT2D eigenvalue weighted by atomic mass is 16.4. The summed E-state index contributed by atoms with van der Waals surface area (Å²) in [5.74, 6) is -2.44. The number of carboxylic acids is 2. The minimum absolute atomic E-state index is 0.0157. The topological polar surface area (TPSA) is 143 Å². The van der Waals surface area contributed by atoms with E-state index in [0.29, 0.717) is 25.1 Å². The molecule has 2 heterocycles. The van der Waals surface area contributed by atoms with E-state index in [1.54, 1.807) is 4.90 Å². The fourth-order valence-electron chi connectivity index (χ4n) is 4.29. The van der Waals surface area contributed by atoms with Crippen molar-refractivity contribution < 1.29 is 19.8 Å². The molecule has 0 spiro atoms. The lowest BCUT2D eigenvalue weighted by molar-refractivity contribution is -0.150. The first-order valence-corrected chi connectivity index (χ1v) is 9.44. The highest BCUT2D eigenvalue weighted by molar-refractivity contribution is 5.94. The molecule has 28 heavy (non-hydrogen) atoms. The van der Waals surface area contributed by atoms with E-state index in [0.717, 1.165) is 18.7 Å². The number of piperidine rings is 1. The second kappa shape index (κ2) is 8.68. The van der Waals surface area contributed by atoms with Crippen LogP contribution in [0.2, 0.25) is 0 Å². The van der Waals surface area contributed by atoms with Crippen LogP contribution >= 0.6 is 0 Å². The molecule has 6 N–H and O–H groups in total. The molecule has 3 unspecified atom stereocenters. The van der Waals surface area contributed by atoms with Crippen molar-refractivity contribution in [3.8, 4) is 0 Å². The van der Waals surface area contributed by atoms with Crippen molar-refractivity contribution in [2.45, 2.75) is 18.5 Å². The average Bonchev–Trinajstić information content (AvgIpc) is 2.67. The molecule has 1 aromatic carbocycles. The van der Waals surface area contributed by atoms with Crippen LogP contribution in [0.15, 0.2) is 24.3 Å². The Morgan fingerprint density at radius 1 is 1.21 bits per heavy atom. The van der Waals surface area contributed by atoms with Gasteiger partial charge in [-0.05, 0) is 12.0 Å². The zero-order valence-electron chi connectivity index (χ0n) is 15.7. The van der Waals surface area contributed by atoms with Gasteiger partial charge in [-0.2, -0.15) is 0 Å². The molecule has 9 nitrogen and oxygen atoms in total. The summed E-state index contributed by atoms with van der Waals surface area (Å²) in [6.45, 7) is 2.90. The summed E-state index contributed by atoms with van der Waals surface area (Å²) in [6.07, 6.45) is 0.617. The number of amidine groups is 1. The Morgan fingerprint density at radius 3 is 2.54 bits per heavy atom. The number of nitrogens with two attached hydrogens (primary N) is 1. The number of carboxylic acid groups (broad SMARTS) is 2. The fraction of sp³-hybridized carbons (Fsp3) is 0.526. The Kier molecular flexibility index (Phi) is 6.28. The number of likely N-dealkylation sites (tertiary alicyclic amines) is 1. The second-order valence-electron chi connectivity index (χ2n) is 7.42. The first-order valence-electron chi connectivity index (χ1n) is 9.44. The highest BCUT2D eigenvalue weighted by Gasteiger charge is 2.41. The Balaban J connectivity index is 1.81. The van der Waals surface area contributed by atoms with Gasteiger partial charge in [-0.25, -0.2) is 0 Å². The first kappa shape index (κ1) is 20.2. The van der Waals surface area contributed by atoms with E-state index < -0.39 is 17.9 Å². The molecule has 0 saturated carbocycles.